The number of hydrogen-bond acceptors (Lipinski definition) is 1. The number of hydrogen-bond donors (Lipinski definition) is 1. The Hall–Kier alpha value is -0.300. The van der Waals surface area contributed by atoms with Crippen LogP contribution in [0.2, 0.25) is 0 Å². The van der Waals surface area contributed by atoms with Crippen LogP contribution in [0.3, 0.4) is 0 Å². The molecule has 1 N–H and O–H groups in total. The van der Waals surface area contributed by atoms with Gasteiger partial charge in [-0.05, 0) is 135 Å². The quantitative estimate of drug-likeness (QED) is 0.449. The van der Waals surface area contributed by atoms with E-state index in [0.717, 1.165) is 30.1 Å². The lowest BCUT2D eigenvalue weighted by atomic mass is 9.41. The molecule has 9 atom stereocenters. The van der Waals surface area contributed by atoms with Crippen LogP contribution in [0, 0.1) is 50.7 Å². The molecule has 1 heteroatoms. The van der Waals surface area contributed by atoms with Gasteiger partial charge in [-0.2, -0.15) is 0 Å². The van der Waals surface area contributed by atoms with Crippen molar-refractivity contribution in [3.8, 4) is 0 Å². The summed E-state index contributed by atoms with van der Waals surface area (Å²) in [5.74, 6) is 3.46. The first-order valence-electron chi connectivity index (χ1n) is 13.8. The molecule has 4 unspecified atom stereocenters. The summed E-state index contributed by atoms with van der Waals surface area (Å²) in [7, 11) is 0. The van der Waals surface area contributed by atoms with E-state index in [1.807, 2.05) is 0 Å². The first-order valence-corrected chi connectivity index (χ1v) is 13.8. The maximum absolute atomic E-state index is 10.8. The Labute approximate surface area is 192 Å². The molecule has 5 aliphatic rings. The molecule has 5 saturated carbocycles. The molecular formula is C30H50O. The summed E-state index contributed by atoms with van der Waals surface area (Å²) >= 11 is 0. The van der Waals surface area contributed by atoms with Crippen LogP contribution in [-0.4, -0.2) is 11.2 Å². The molecule has 0 heterocycles. The van der Waals surface area contributed by atoms with Gasteiger partial charge >= 0.3 is 0 Å². The van der Waals surface area contributed by atoms with E-state index >= 15 is 0 Å². The molecule has 0 aromatic carbocycles. The fourth-order valence-electron chi connectivity index (χ4n) is 11.1. The molecule has 0 radical (unpaired) electrons. The van der Waals surface area contributed by atoms with Gasteiger partial charge in [0.05, 0.1) is 6.10 Å². The van der Waals surface area contributed by atoms with Gasteiger partial charge in [0, 0.05) is 0 Å². The van der Waals surface area contributed by atoms with Crippen LogP contribution in [-0.2, 0) is 0 Å². The third kappa shape index (κ3) is 2.71. The van der Waals surface area contributed by atoms with E-state index in [1.54, 1.807) is 0 Å². The summed E-state index contributed by atoms with van der Waals surface area (Å²) in [5.41, 5.74) is 3.87. The molecule has 0 aromatic heterocycles. The second kappa shape index (κ2) is 6.86. The second-order valence-electron chi connectivity index (χ2n) is 14.4. The molecule has 2 spiro atoms. The monoisotopic (exact) mass is 426 g/mol. The Kier molecular flexibility index (Phi) is 4.98. The minimum Gasteiger partial charge on any atom is -0.393 e. The smallest absolute Gasteiger partial charge is 0.0594 e. The zero-order valence-corrected chi connectivity index (χ0v) is 21.7. The van der Waals surface area contributed by atoms with E-state index in [1.165, 1.54) is 69.8 Å². The maximum Gasteiger partial charge on any atom is 0.0594 e. The van der Waals surface area contributed by atoms with Crippen molar-refractivity contribution in [3.63, 3.8) is 0 Å². The summed E-state index contributed by atoms with van der Waals surface area (Å²) in [5, 5.41) is 10.8. The number of aliphatic hydroxyl groups excluding tert-OH is 1. The zero-order valence-electron chi connectivity index (χ0n) is 21.7. The van der Waals surface area contributed by atoms with Gasteiger partial charge in [-0.25, -0.2) is 0 Å². The highest BCUT2D eigenvalue weighted by Crippen LogP contribution is 2.89. The number of aliphatic hydroxyl groups is 1. The lowest BCUT2D eigenvalue weighted by Gasteiger charge is -2.63. The molecule has 0 saturated heterocycles. The van der Waals surface area contributed by atoms with Crippen molar-refractivity contribution < 1.29 is 5.11 Å². The van der Waals surface area contributed by atoms with Gasteiger partial charge in [0.1, 0.15) is 0 Å². The normalized spacial score (nSPS) is 52.9. The van der Waals surface area contributed by atoms with Crippen molar-refractivity contribution in [1.29, 1.82) is 0 Å². The van der Waals surface area contributed by atoms with Gasteiger partial charge < -0.3 is 5.11 Å². The van der Waals surface area contributed by atoms with Crippen molar-refractivity contribution in [1.82, 2.24) is 0 Å². The third-order valence-electron chi connectivity index (χ3n) is 13.0. The minimum absolute atomic E-state index is 0.0840. The summed E-state index contributed by atoms with van der Waals surface area (Å²) in [6, 6.07) is 0. The van der Waals surface area contributed by atoms with Gasteiger partial charge in [-0.3, -0.25) is 0 Å². The SMILES string of the molecule is CC(C)=CCC[C@@H](C)[C@H]1CC[C@@]2(C)C3CC[C@H]4C(C)(C)[C@@H](O)CCC45CC35CCC12C. The van der Waals surface area contributed by atoms with E-state index in [0.29, 0.717) is 21.7 Å². The summed E-state index contributed by atoms with van der Waals surface area (Å²) < 4.78 is 0. The van der Waals surface area contributed by atoms with E-state index < -0.39 is 0 Å². The molecule has 0 aliphatic heterocycles. The lowest BCUT2D eigenvalue weighted by Crippen LogP contribution is -2.57. The maximum atomic E-state index is 10.8. The zero-order chi connectivity index (χ0) is 22.4. The van der Waals surface area contributed by atoms with Crippen LogP contribution in [0.5, 0.6) is 0 Å². The minimum atomic E-state index is -0.0840. The summed E-state index contributed by atoms with van der Waals surface area (Å²) in [4.78, 5) is 0. The Bertz CT molecular complexity index is 760. The molecule has 0 amide bonds. The number of fused-ring (bicyclic) bond motifs is 2. The van der Waals surface area contributed by atoms with Crippen LogP contribution in [0.15, 0.2) is 11.6 Å². The lowest BCUT2D eigenvalue weighted by molar-refractivity contribution is -0.161. The fraction of sp³-hybridized carbons (Fsp3) is 0.933. The Balaban J connectivity index is 1.41. The van der Waals surface area contributed by atoms with E-state index in [2.05, 4.69) is 54.5 Å². The molecule has 0 bridgehead atoms. The van der Waals surface area contributed by atoms with Gasteiger partial charge in [0.25, 0.3) is 0 Å². The fourth-order valence-corrected chi connectivity index (χ4v) is 11.1. The topological polar surface area (TPSA) is 20.2 Å². The van der Waals surface area contributed by atoms with Crippen LogP contribution in [0.1, 0.15) is 119 Å². The third-order valence-corrected chi connectivity index (χ3v) is 13.0. The van der Waals surface area contributed by atoms with Gasteiger partial charge in [0.2, 0.25) is 0 Å². The molecule has 31 heavy (non-hydrogen) atoms. The number of rotatable bonds is 4. The van der Waals surface area contributed by atoms with Crippen molar-refractivity contribution in [2.24, 2.45) is 50.7 Å². The van der Waals surface area contributed by atoms with E-state index in [-0.39, 0.29) is 11.5 Å². The standard InChI is InChI=1S/C30H50O/c1-20(2)9-8-10-21(3)22-13-15-28(7)24-12-11-23-26(4,5)25(31)14-16-29(23)19-30(24,29)18-17-27(22,28)6/h9,21-25,31H,8,10-19H2,1-7H3/t21-,22-,23+,24?,25+,27?,28+,29?,30?/m1/s1. The second-order valence-corrected chi connectivity index (χ2v) is 14.4. The van der Waals surface area contributed by atoms with Crippen LogP contribution < -0.4 is 0 Å². The first kappa shape index (κ1) is 22.5. The highest BCUT2D eigenvalue weighted by Gasteiger charge is 2.82. The molecule has 0 aromatic rings. The molecule has 1 nitrogen and oxygen atoms in total. The predicted octanol–water partition coefficient (Wildman–Crippen LogP) is 8.17. The molecular weight excluding hydrogens is 376 g/mol. The predicted molar refractivity (Wildman–Crippen MR) is 131 cm³/mol. The Morgan fingerprint density at radius 1 is 0.871 bits per heavy atom. The van der Waals surface area contributed by atoms with Crippen LogP contribution >= 0.6 is 0 Å². The largest absolute Gasteiger partial charge is 0.393 e. The van der Waals surface area contributed by atoms with E-state index in [9.17, 15) is 5.11 Å². The van der Waals surface area contributed by atoms with Crippen LogP contribution in [0.4, 0.5) is 0 Å². The van der Waals surface area contributed by atoms with Gasteiger partial charge in [-0.15, -0.1) is 0 Å². The van der Waals surface area contributed by atoms with E-state index in [4.69, 9.17) is 0 Å². The average Bonchev–Trinajstić information content (AvgIpc) is 3.27. The summed E-state index contributed by atoms with van der Waals surface area (Å²) in [6.45, 7) is 17.3. The van der Waals surface area contributed by atoms with Crippen molar-refractivity contribution in [3.05, 3.63) is 11.6 Å². The highest BCUT2D eigenvalue weighted by molar-refractivity contribution is 5.30. The summed E-state index contributed by atoms with van der Waals surface area (Å²) in [6.07, 6.45) is 17.6. The van der Waals surface area contributed by atoms with Crippen molar-refractivity contribution >= 4 is 0 Å². The van der Waals surface area contributed by atoms with Gasteiger partial charge in [0.15, 0.2) is 0 Å². The molecule has 176 valence electrons. The molecule has 5 rings (SSSR count). The van der Waals surface area contributed by atoms with Crippen LogP contribution in [0.25, 0.3) is 0 Å². The first-order chi connectivity index (χ1) is 14.4. The van der Waals surface area contributed by atoms with Crippen molar-refractivity contribution in [2.45, 2.75) is 125 Å². The van der Waals surface area contributed by atoms with Gasteiger partial charge in [-0.1, -0.05) is 46.3 Å². The Morgan fingerprint density at radius 2 is 1.55 bits per heavy atom. The Morgan fingerprint density at radius 3 is 2.26 bits per heavy atom. The highest BCUT2D eigenvalue weighted by atomic mass is 16.3. The average molecular weight is 427 g/mol. The number of allylic oxidation sites excluding steroid dienone is 2. The molecule has 5 aliphatic carbocycles. The van der Waals surface area contributed by atoms with Crippen molar-refractivity contribution in [2.75, 3.05) is 0 Å². The molecule has 5 fully saturated rings.